The van der Waals surface area contributed by atoms with E-state index in [9.17, 15) is 14.9 Å². The topological polar surface area (TPSA) is 83.7 Å². The van der Waals surface area contributed by atoms with Crippen molar-refractivity contribution in [2.24, 2.45) is 0 Å². The van der Waals surface area contributed by atoms with Gasteiger partial charge in [0.2, 0.25) is 0 Å². The SMILES string of the molecule is CCN(CCCO)C(=O)c1cc(Br)cc([N+](=O)[O-])c1. The smallest absolute Gasteiger partial charge is 0.271 e. The van der Waals surface area contributed by atoms with Crippen LogP contribution >= 0.6 is 15.9 Å². The largest absolute Gasteiger partial charge is 0.396 e. The Labute approximate surface area is 119 Å². The van der Waals surface area contributed by atoms with E-state index in [1.807, 2.05) is 6.92 Å². The first-order chi connectivity index (χ1) is 8.99. The zero-order chi connectivity index (χ0) is 14.4. The van der Waals surface area contributed by atoms with Gasteiger partial charge in [-0.25, -0.2) is 0 Å². The van der Waals surface area contributed by atoms with Crippen LogP contribution in [0.1, 0.15) is 23.7 Å². The molecule has 0 aliphatic heterocycles. The van der Waals surface area contributed by atoms with Gasteiger partial charge in [-0.3, -0.25) is 14.9 Å². The Hall–Kier alpha value is -1.47. The van der Waals surface area contributed by atoms with Gasteiger partial charge in [-0.15, -0.1) is 0 Å². The minimum absolute atomic E-state index is 0.00239. The molecule has 1 aromatic rings. The van der Waals surface area contributed by atoms with Crippen LogP contribution in [0.4, 0.5) is 5.69 Å². The third kappa shape index (κ3) is 4.29. The van der Waals surface area contributed by atoms with E-state index in [2.05, 4.69) is 15.9 Å². The lowest BCUT2D eigenvalue weighted by molar-refractivity contribution is -0.385. The lowest BCUT2D eigenvalue weighted by Crippen LogP contribution is -2.32. The maximum Gasteiger partial charge on any atom is 0.271 e. The van der Waals surface area contributed by atoms with Crippen molar-refractivity contribution in [1.29, 1.82) is 0 Å². The van der Waals surface area contributed by atoms with Gasteiger partial charge in [-0.05, 0) is 19.4 Å². The lowest BCUT2D eigenvalue weighted by Gasteiger charge is -2.20. The molecule has 0 saturated heterocycles. The molecule has 0 spiro atoms. The van der Waals surface area contributed by atoms with Crippen molar-refractivity contribution in [2.75, 3.05) is 19.7 Å². The number of nitro benzene ring substituents is 1. The molecule has 0 aromatic heterocycles. The quantitative estimate of drug-likeness (QED) is 0.640. The third-order valence-electron chi connectivity index (χ3n) is 2.60. The number of aliphatic hydroxyl groups is 1. The molecule has 1 rings (SSSR count). The van der Waals surface area contributed by atoms with Gasteiger partial charge in [0.1, 0.15) is 0 Å². The summed E-state index contributed by atoms with van der Waals surface area (Å²) in [7, 11) is 0. The second kappa shape index (κ2) is 7.20. The van der Waals surface area contributed by atoms with Crippen molar-refractivity contribution in [3.63, 3.8) is 0 Å². The molecule has 104 valence electrons. The first-order valence-electron chi connectivity index (χ1n) is 5.84. The summed E-state index contributed by atoms with van der Waals surface area (Å²) < 4.78 is 0.489. The number of benzene rings is 1. The average Bonchev–Trinajstić information content (AvgIpc) is 2.38. The van der Waals surface area contributed by atoms with Crippen molar-refractivity contribution in [2.45, 2.75) is 13.3 Å². The third-order valence-corrected chi connectivity index (χ3v) is 3.05. The fraction of sp³-hybridized carbons (Fsp3) is 0.417. The number of hydrogen-bond acceptors (Lipinski definition) is 4. The molecule has 0 aliphatic rings. The van der Waals surface area contributed by atoms with Gasteiger partial charge in [-0.2, -0.15) is 0 Å². The van der Waals surface area contributed by atoms with Crippen molar-refractivity contribution < 1.29 is 14.8 Å². The zero-order valence-electron chi connectivity index (χ0n) is 10.5. The van der Waals surface area contributed by atoms with Gasteiger partial charge in [0.05, 0.1) is 4.92 Å². The van der Waals surface area contributed by atoms with Gasteiger partial charge in [0, 0.05) is 41.9 Å². The van der Waals surface area contributed by atoms with Crippen LogP contribution in [0, 0.1) is 10.1 Å². The van der Waals surface area contributed by atoms with E-state index in [4.69, 9.17) is 5.11 Å². The molecule has 7 heteroatoms. The van der Waals surface area contributed by atoms with Crippen molar-refractivity contribution >= 4 is 27.5 Å². The second-order valence-electron chi connectivity index (χ2n) is 3.92. The summed E-state index contributed by atoms with van der Waals surface area (Å²) in [6, 6.07) is 4.16. The minimum Gasteiger partial charge on any atom is -0.396 e. The first kappa shape index (κ1) is 15.6. The Balaban J connectivity index is 3.00. The Morgan fingerprint density at radius 3 is 2.68 bits per heavy atom. The molecule has 1 aromatic carbocycles. The van der Waals surface area contributed by atoms with Crippen LogP contribution in [0.3, 0.4) is 0 Å². The fourth-order valence-electron chi connectivity index (χ4n) is 1.65. The van der Waals surface area contributed by atoms with Crippen molar-refractivity contribution in [3.8, 4) is 0 Å². The molecule has 0 radical (unpaired) electrons. The maximum atomic E-state index is 12.2. The first-order valence-corrected chi connectivity index (χ1v) is 6.64. The Kier molecular flexibility index (Phi) is 5.91. The molecule has 0 fully saturated rings. The zero-order valence-corrected chi connectivity index (χ0v) is 12.1. The van der Waals surface area contributed by atoms with Crippen LogP contribution in [0.5, 0.6) is 0 Å². The van der Waals surface area contributed by atoms with Crippen LogP contribution in [0.25, 0.3) is 0 Å². The molecule has 0 heterocycles. The molecule has 1 N–H and O–H groups in total. The predicted molar refractivity (Wildman–Crippen MR) is 74.1 cm³/mol. The van der Waals surface area contributed by atoms with E-state index >= 15 is 0 Å². The van der Waals surface area contributed by atoms with E-state index in [1.54, 1.807) is 11.0 Å². The monoisotopic (exact) mass is 330 g/mol. The highest BCUT2D eigenvalue weighted by Gasteiger charge is 2.18. The molecule has 0 saturated carbocycles. The molecule has 0 unspecified atom stereocenters. The number of halogens is 1. The fourth-order valence-corrected chi connectivity index (χ4v) is 2.13. The Morgan fingerprint density at radius 1 is 1.47 bits per heavy atom. The van der Waals surface area contributed by atoms with E-state index in [-0.39, 0.29) is 23.8 Å². The van der Waals surface area contributed by atoms with Crippen molar-refractivity contribution in [1.82, 2.24) is 4.90 Å². The van der Waals surface area contributed by atoms with Gasteiger partial charge >= 0.3 is 0 Å². The van der Waals surface area contributed by atoms with Crippen LogP contribution < -0.4 is 0 Å². The van der Waals surface area contributed by atoms with Crippen LogP contribution in [-0.4, -0.2) is 40.5 Å². The Morgan fingerprint density at radius 2 is 2.16 bits per heavy atom. The summed E-state index contributed by atoms with van der Waals surface area (Å²) in [6.45, 7) is 2.73. The summed E-state index contributed by atoms with van der Waals surface area (Å²) in [5.41, 5.74) is 0.136. The average molecular weight is 331 g/mol. The Bertz CT molecular complexity index is 479. The second-order valence-corrected chi connectivity index (χ2v) is 4.83. The summed E-state index contributed by atoms with van der Waals surface area (Å²) in [4.78, 5) is 24.0. The molecule has 0 aliphatic carbocycles. The van der Waals surface area contributed by atoms with E-state index < -0.39 is 4.92 Å². The maximum absolute atomic E-state index is 12.2. The molecule has 6 nitrogen and oxygen atoms in total. The predicted octanol–water partition coefficient (Wildman–Crippen LogP) is 2.20. The number of carbonyl (C=O) groups is 1. The van der Waals surface area contributed by atoms with Crippen LogP contribution in [0.15, 0.2) is 22.7 Å². The number of rotatable bonds is 6. The summed E-state index contributed by atoms with van der Waals surface area (Å²) >= 11 is 3.16. The van der Waals surface area contributed by atoms with Gasteiger partial charge in [-0.1, -0.05) is 15.9 Å². The van der Waals surface area contributed by atoms with E-state index in [0.717, 1.165) is 0 Å². The van der Waals surface area contributed by atoms with Crippen LogP contribution in [-0.2, 0) is 0 Å². The molecule has 0 bridgehead atoms. The van der Waals surface area contributed by atoms with Crippen molar-refractivity contribution in [3.05, 3.63) is 38.3 Å². The summed E-state index contributed by atoms with van der Waals surface area (Å²) in [5.74, 6) is -0.277. The molecule has 0 atom stereocenters. The molecule has 19 heavy (non-hydrogen) atoms. The minimum atomic E-state index is -0.536. The molecular formula is C12H15BrN2O4. The number of carbonyl (C=O) groups excluding carboxylic acids is 1. The normalized spacial score (nSPS) is 10.3. The number of amides is 1. The highest BCUT2D eigenvalue weighted by molar-refractivity contribution is 9.10. The lowest BCUT2D eigenvalue weighted by atomic mass is 10.1. The van der Waals surface area contributed by atoms with E-state index in [1.165, 1.54) is 12.1 Å². The highest BCUT2D eigenvalue weighted by Crippen LogP contribution is 2.22. The molecule has 1 amide bonds. The number of hydrogen-bond donors (Lipinski definition) is 1. The van der Waals surface area contributed by atoms with Crippen LogP contribution in [0.2, 0.25) is 0 Å². The van der Waals surface area contributed by atoms with Gasteiger partial charge in [0.15, 0.2) is 0 Å². The highest BCUT2D eigenvalue weighted by atomic mass is 79.9. The number of non-ortho nitro benzene ring substituents is 1. The van der Waals surface area contributed by atoms with Gasteiger partial charge < -0.3 is 10.0 Å². The summed E-state index contributed by atoms with van der Waals surface area (Å²) in [6.07, 6.45) is 0.482. The number of nitrogens with zero attached hydrogens (tertiary/aromatic N) is 2. The number of aliphatic hydroxyl groups excluding tert-OH is 1. The van der Waals surface area contributed by atoms with E-state index in [0.29, 0.717) is 24.0 Å². The molecular weight excluding hydrogens is 316 g/mol. The summed E-state index contributed by atoms with van der Waals surface area (Å²) in [5, 5.41) is 19.6. The van der Waals surface area contributed by atoms with Gasteiger partial charge in [0.25, 0.3) is 11.6 Å². The number of nitro groups is 1. The standard InChI is InChI=1S/C12H15BrN2O4/c1-2-14(4-3-5-16)12(17)9-6-10(13)8-11(7-9)15(18)19/h6-8,16H,2-5H2,1H3.